The van der Waals surface area contributed by atoms with Crippen molar-refractivity contribution in [2.75, 3.05) is 25.6 Å². The summed E-state index contributed by atoms with van der Waals surface area (Å²) in [5.41, 5.74) is 1.53. The van der Waals surface area contributed by atoms with Gasteiger partial charge in [0.25, 0.3) is 5.91 Å². The molecule has 0 bridgehead atoms. The third kappa shape index (κ3) is 5.32. The average molecular weight is 472 g/mol. The van der Waals surface area contributed by atoms with Gasteiger partial charge in [0.05, 0.1) is 13.5 Å². The largest absolute Gasteiger partial charge is 0.496 e. The van der Waals surface area contributed by atoms with Crippen LogP contribution in [0.3, 0.4) is 0 Å². The smallest absolute Gasteiger partial charge is 0.323 e. The van der Waals surface area contributed by atoms with Gasteiger partial charge in [-0.25, -0.2) is 4.79 Å². The Hall–Kier alpha value is -3.85. The first kappa shape index (κ1) is 23.8. The first-order valence-corrected chi connectivity index (χ1v) is 10.3. The van der Waals surface area contributed by atoms with Crippen LogP contribution in [0.5, 0.6) is 5.75 Å². The SMILES string of the molecule is COc1ccc(N(C(=O)NCCC(=O)O)[C@H]2C(=O)C=CN(C)C2=O)cc1-c1cccc(Cl)c1. The summed E-state index contributed by atoms with van der Waals surface area (Å²) >= 11 is 6.14. The van der Waals surface area contributed by atoms with Gasteiger partial charge in [-0.2, -0.15) is 0 Å². The fraction of sp³-hybridized carbons (Fsp3) is 0.217. The molecule has 2 aromatic rings. The van der Waals surface area contributed by atoms with Gasteiger partial charge in [-0.15, -0.1) is 0 Å². The Kier molecular flexibility index (Phi) is 7.34. The van der Waals surface area contributed by atoms with Crippen molar-refractivity contribution >= 4 is 41.0 Å². The molecule has 0 aliphatic carbocycles. The van der Waals surface area contributed by atoms with Crippen molar-refractivity contribution in [3.05, 3.63) is 59.8 Å². The molecule has 1 aliphatic heterocycles. The Morgan fingerprint density at radius 3 is 2.64 bits per heavy atom. The summed E-state index contributed by atoms with van der Waals surface area (Å²) in [5, 5.41) is 11.8. The molecule has 3 amide bonds. The van der Waals surface area contributed by atoms with E-state index in [1.54, 1.807) is 42.5 Å². The first-order valence-electron chi connectivity index (χ1n) is 9.94. The number of carbonyl (C=O) groups excluding carboxylic acids is 3. The maximum absolute atomic E-state index is 13.1. The molecule has 0 fully saturated rings. The van der Waals surface area contributed by atoms with E-state index in [0.717, 1.165) is 4.90 Å². The first-order chi connectivity index (χ1) is 15.7. The lowest BCUT2D eigenvalue weighted by Gasteiger charge is -2.33. The summed E-state index contributed by atoms with van der Waals surface area (Å²) in [7, 11) is 2.97. The zero-order valence-electron chi connectivity index (χ0n) is 17.9. The summed E-state index contributed by atoms with van der Waals surface area (Å²) in [4.78, 5) is 51.7. The van der Waals surface area contributed by atoms with E-state index in [2.05, 4.69) is 5.32 Å². The summed E-state index contributed by atoms with van der Waals surface area (Å²) in [6, 6.07) is 9.52. The van der Waals surface area contributed by atoms with Gasteiger partial charge in [-0.3, -0.25) is 19.3 Å². The third-order valence-corrected chi connectivity index (χ3v) is 5.24. The fourth-order valence-electron chi connectivity index (χ4n) is 3.37. The number of ether oxygens (including phenoxy) is 1. The number of carbonyl (C=O) groups is 4. The minimum absolute atomic E-state index is 0.178. The summed E-state index contributed by atoms with van der Waals surface area (Å²) in [6.45, 7) is -0.178. The van der Waals surface area contributed by atoms with Gasteiger partial charge in [0, 0.05) is 42.1 Å². The summed E-state index contributed by atoms with van der Waals surface area (Å²) in [6.07, 6.45) is 2.22. The number of halogens is 1. The van der Waals surface area contributed by atoms with Crippen LogP contribution in [-0.4, -0.2) is 60.4 Å². The lowest BCUT2D eigenvalue weighted by Crippen LogP contribution is -2.57. The van der Waals surface area contributed by atoms with Crippen LogP contribution in [0.15, 0.2) is 54.7 Å². The van der Waals surface area contributed by atoms with Crippen molar-refractivity contribution in [3.63, 3.8) is 0 Å². The van der Waals surface area contributed by atoms with E-state index < -0.39 is 29.7 Å². The molecule has 9 nitrogen and oxygen atoms in total. The molecule has 2 aromatic carbocycles. The zero-order chi connectivity index (χ0) is 24.1. The van der Waals surface area contributed by atoms with Crippen molar-refractivity contribution in [3.8, 4) is 16.9 Å². The molecule has 33 heavy (non-hydrogen) atoms. The number of benzene rings is 2. The highest BCUT2D eigenvalue weighted by molar-refractivity contribution is 6.30. The Morgan fingerprint density at radius 2 is 1.97 bits per heavy atom. The van der Waals surface area contributed by atoms with E-state index in [1.807, 2.05) is 0 Å². The van der Waals surface area contributed by atoms with Crippen molar-refractivity contribution in [1.29, 1.82) is 0 Å². The number of rotatable bonds is 7. The number of carboxylic acid groups (broad SMARTS) is 1. The minimum Gasteiger partial charge on any atom is -0.496 e. The Labute approximate surface area is 195 Å². The fourth-order valence-corrected chi connectivity index (χ4v) is 3.56. The number of hydrogen-bond donors (Lipinski definition) is 2. The van der Waals surface area contributed by atoms with Crippen LogP contribution >= 0.6 is 11.6 Å². The van der Waals surface area contributed by atoms with Crippen LogP contribution in [0.1, 0.15) is 6.42 Å². The molecule has 1 heterocycles. The van der Waals surface area contributed by atoms with E-state index in [0.29, 0.717) is 21.9 Å². The van der Waals surface area contributed by atoms with Crippen LogP contribution in [0.2, 0.25) is 5.02 Å². The number of anilines is 1. The van der Waals surface area contributed by atoms with E-state index in [4.69, 9.17) is 21.4 Å². The molecule has 10 heteroatoms. The van der Waals surface area contributed by atoms with Gasteiger partial charge >= 0.3 is 12.0 Å². The molecule has 0 radical (unpaired) electrons. The van der Waals surface area contributed by atoms with E-state index in [1.165, 1.54) is 31.3 Å². The monoisotopic (exact) mass is 471 g/mol. The number of methoxy groups -OCH3 is 1. The second-order valence-electron chi connectivity index (χ2n) is 7.21. The predicted molar refractivity (Wildman–Crippen MR) is 122 cm³/mol. The van der Waals surface area contributed by atoms with Crippen LogP contribution in [0.25, 0.3) is 11.1 Å². The molecule has 1 aliphatic rings. The molecular weight excluding hydrogens is 450 g/mol. The quantitative estimate of drug-likeness (QED) is 0.600. The van der Waals surface area contributed by atoms with Gasteiger partial charge in [0.1, 0.15) is 5.75 Å². The molecule has 1 atom stereocenters. The molecule has 0 unspecified atom stereocenters. The minimum atomic E-state index is -1.45. The highest BCUT2D eigenvalue weighted by Crippen LogP contribution is 2.36. The molecular formula is C23H22ClN3O6. The van der Waals surface area contributed by atoms with Crippen molar-refractivity contribution in [2.45, 2.75) is 12.5 Å². The van der Waals surface area contributed by atoms with E-state index >= 15 is 0 Å². The van der Waals surface area contributed by atoms with Gasteiger partial charge in [0.15, 0.2) is 11.8 Å². The lowest BCUT2D eigenvalue weighted by atomic mass is 10.0. The van der Waals surface area contributed by atoms with E-state index in [-0.39, 0.29) is 18.7 Å². The number of nitrogens with one attached hydrogen (secondary N) is 1. The Balaban J connectivity index is 2.10. The summed E-state index contributed by atoms with van der Waals surface area (Å²) < 4.78 is 5.45. The average Bonchev–Trinajstić information content (AvgIpc) is 2.78. The Morgan fingerprint density at radius 1 is 1.21 bits per heavy atom. The second kappa shape index (κ2) is 10.2. The summed E-state index contributed by atoms with van der Waals surface area (Å²) in [5.74, 6) is -1.78. The maximum Gasteiger partial charge on any atom is 0.323 e. The molecule has 172 valence electrons. The topological polar surface area (TPSA) is 116 Å². The van der Waals surface area contributed by atoms with Crippen molar-refractivity contribution in [1.82, 2.24) is 10.2 Å². The van der Waals surface area contributed by atoms with Gasteiger partial charge in [0.2, 0.25) is 0 Å². The Bertz CT molecular complexity index is 1130. The number of urea groups is 1. The normalized spacial score (nSPS) is 15.4. The van der Waals surface area contributed by atoms with E-state index in [9.17, 15) is 19.2 Å². The second-order valence-corrected chi connectivity index (χ2v) is 7.65. The molecule has 0 aromatic heterocycles. The molecule has 0 spiro atoms. The maximum atomic E-state index is 13.1. The number of amides is 3. The standard InChI is InChI=1S/C23H22ClN3O6/c1-26-11-9-18(28)21(22(26)31)27(23(32)25-10-8-20(29)30)16-6-7-19(33-2)17(13-16)14-4-3-5-15(24)12-14/h3-7,9,11-13,21H,8,10H2,1-2H3,(H,25,32)(H,29,30)/t21-/m0/s1. The number of ketones is 1. The predicted octanol–water partition coefficient (Wildman–Crippen LogP) is 2.93. The van der Waals surface area contributed by atoms with Crippen molar-refractivity contribution in [2.24, 2.45) is 0 Å². The van der Waals surface area contributed by atoms with Crippen LogP contribution in [0.4, 0.5) is 10.5 Å². The molecule has 0 saturated heterocycles. The number of aliphatic carboxylic acids is 1. The highest BCUT2D eigenvalue weighted by Gasteiger charge is 2.39. The van der Waals surface area contributed by atoms with Gasteiger partial charge in [-0.1, -0.05) is 23.7 Å². The number of carboxylic acids is 1. The highest BCUT2D eigenvalue weighted by atomic mass is 35.5. The van der Waals surface area contributed by atoms with Crippen molar-refractivity contribution < 1.29 is 29.0 Å². The zero-order valence-corrected chi connectivity index (χ0v) is 18.7. The van der Waals surface area contributed by atoms with Crippen LogP contribution in [0, 0.1) is 0 Å². The van der Waals surface area contributed by atoms with Crippen LogP contribution < -0.4 is 15.0 Å². The molecule has 3 rings (SSSR count). The number of nitrogens with zero attached hydrogens (tertiary/aromatic N) is 2. The third-order valence-electron chi connectivity index (χ3n) is 5.00. The molecule has 2 N–H and O–H groups in total. The van der Waals surface area contributed by atoms with Crippen LogP contribution in [-0.2, 0) is 14.4 Å². The van der Waals surface area contributed by atoms with Gasteiger partial charge in [-0.05, 0) is 35.9 Å². The number of likely N-dealkylation sites (N-methyl/N-ethyl adjacent to an activating group) is 1. The lowest BCUT2D eigenvalue weighted by molar-refractivity contribution is -0.137. The molecule has 0 saturated carbocycles. The number of hydrogen-bond acceptors (Lipinski definition) is 5. The van der Waals surface area contributed by atoms with Gasteiger partial charge < -0.3 is 20.1 Å².